The fraction of sp³-hybridized carbons (Fsp3) is 1.00. The number of morpholine rings is 1. The molecular formula is C10H22N2O4S. The van der Waals surface area contributed by atoms with Crippen LogP contribution in [0.5, 0.6) is 0 Å². The Labute approximate surface area is 103 Å². The van der Waals surface area contributed by atoms with Crippen LogP contribution in [0.4, 0.5) is 0 Å². The standard InChI is InChI=1S/C10H22N2O4S/c1-3-15-4-5-17(13,14)12-7-9(2)16-10(6-11)8-12/h9-10H,3-8,11H2,1-2H3. The second-order valence-electron chi connectivity index (χ2n) is 4.13. The summed E-state index contributed by atoms with van der Waals surface area (Å²) in [5.74, 6) is 0.0187. The minimum atomic E-state index is -3.26. The molecule has 2 N–H and O–H groups in total. The van der Waals surface area contributed by atoms with Crippen LogP contribution in [-0.4, -0.2) is 63.5 Å². The molecule has 2 atom stereocenters. The van der Waals surface area contributed by atoms with Crippen LogP contribution in [0.2, 0.25) is 0 Å². The molecule has 1 aliphatic rings. The molecule has 1 fully saturated rings. The molecule has 0 spiro atoms. The summed E-state index contributed by atoms with van der Waals surface area (Å²) in [6.45, 7) is 5.53. The van der Waals surface area contributed by atoms with Crippen molar-refractivity contribution >= 4 is 10.0 Å². The van der Waals surface area contributed by atoms with E-state index in [2.05, 4.69) is 0 Å². The van der Waals surface area contributed by atoms with Crippen LogP contribution in [0.25, 0.3) is 0 Å². The van der Waals surface area contributed by atoms with E-state index in [-0.39, 0.29) is 24.6 Å². The largest absolute Gasteiger partial charge is 0.381 e. The molecule has 2 unspecified atom stereocenters. The maximum absolute atomic E-state index is 12.0. The first-order valence-corrected chi connectivity index (χ1v) is 7.51. The first-order chi connectivity index (χ1) is 7.99. The van der Waals surface area contributed by atoms with Crippen molar-refractivity contribution in [1.29, 1.82) is 0 Å². The van der Waals surface area contributed by atoms with Gasteiger partial charge in [-0.25, -0.2) is 8.42 Å². The van der Waals surface area contributed by atoms with Crippen molar-refractivity contribution in [2.75, 3.05) is 38.6 Å². The zero-order chi connectivity index (χ0) is 12.9. The van der Waals surface area contributed by atoms with Gasteiger partial charge in [0.05, 0.1) is 24.6 Å². The van der Waals surface area contributed by atoms with E-state index in [1.165, 1.54) is 4.31 Å². The Hall–Kier alpha value is -0.210. The normalized spacial score (nSPS) is 27.2. The molecule has 0 saturated carbocycles. The first kappa shape index (κ1) is 14.8. The van der Waals surface area contributed by atoms with Crippen LogP contribution >= 0.6 is 0 Å². The van der Waals surface area contributed by atoms with Gasteiger partial charge in [-0.05, 0) is 13.8 Å². The summed E-state index contributed by atoms with van der Waals surface area (Å²) in [5, 5.41) is 0. The zero-order valence-electron chi connectivity index (χ0n) is 10.5. The second kappa shape index (κ2) is 6.65. The van der Waals surface area contributed by atoms with E-state index in [0.717, 1.165) is 0 Å². The monoisotopic (exact) mass is 266 g/mol. The van der Waals surface area contributed by atoms with Crippen LogP contribution in [-0.2, 0) is 19.5 Å². The highest BCUT2D eigenvalue weighted by atomic mass is 32.2. The van der Waals surface area contributed by atoms with E-state index in [4.69, 9.17) is 15.2 Å². The molecule has 0 aromatic rings. The van der Waals surface area contributed by atoms with E-state index < -0.39 is 10.0 Å². The number of nitrogens with two attached hydrogens (primary N) is 1. The Balaban J connectivity index is 2.57. The van der Waals surface area contributed by atoms with Crippen molar-refractivity contribution in [1.82, 2.24) is 4.31 Å². The molecule has 7 heteroatoms. The molecule has 0 aromatic heterocycles. The van der Waals surface area contributed by atoms with Crippen LogP contribution < -0.4 is 5.73 Å². The maximum Gasteiger partial charge on any atom is 0.216 e. The van der Waals surface area contributed by atoms with Crippen LogP contribution in [0.3, 0.4) is 0 Å². The van der Waals surface area contributed by atoms with E-state index in [1.54, 1.807) is 0 Å². The lowest BCUT2D eigenvalue weighted by molar-refractivity contribution is -0.0487. The molecule has 1 aliphatic heterocycles. The lowest BCUT2D eigenvalue weighted by Crippen LogP contribution is -2.52. The van der Waals surface area contributed by atoms with Crippen molar-refractivity contribution < 1.29 is 17.9 Å². The van der Waals surface area contributed by atoms with Gasteiger partial charge in [0.15, 0.2) is 0 Å². The van der Waals surface area contributed by atoms with Gasteiger partial charge in [-0.3, -0.25) is 0 Å². The summed E-state index contributed by atoms with van der Waals surface area (Å²) >= 11 is 0. The van der Waals surface area contributed by atoms with E-state index in [1.807, 2.05) is 13.8 Å². The zero-order valence-corrected chi connectivity index (χ0v) is 11.3. The minimum Gasteiger partial charge on any atom is -0.381 e. The topological polar surface area (TPSA) is 81.9 Å². The van der Waals surface area contributed by atoms with Crippen LogP contribution in [0.15, 0.2) is 0 Å². The summed E-state index contributed by atoms with van der Waals surface area (Å²) in [5.41, 5.74) is 5.52. The Morgan fingerprint density at radius 1 is 1.47 bits per heavy atom. The van der Waals surface area contributed by atoms with Gasteiger partial charge in [-0.1, -0.05) is 0 Å². The number of nitrogens with zero attached hydrogens (tertiary/aromatic N) is 1. The summed E-state index contributed by atoms with van der Waals surface area (Å²) in [4.78, 5) is 0. The van der Waals surface area contributed by atoms with Crippen LogP contribution in [0, 0.1) is 0 Å². The smallest absolute Gasteiger partial charge is 0.216 e. The van der Waals surface area contributed by atoms with Crippen molar-refractivity contribution in [2.24, 2.45) is 5.73 Å². The Morgan fingerprint density at radius 3 is 2.76 bits per heavy atom. The molecule has 1 rings (SSSR count). The average molecular weight is 266 g/mol. The lowest BCUT2D eigenvalue weighted by atomic mass is 10.2. The summed E-state index contributed by atoms with van der Waals surface area (Å²) in [6, 6.07) is 0. The number of hydrogen-bond acceptors (Lipinski definition) is 5. The first-order valence-electron chi connectivity index (χ1n) is 5.90. The van der Waals surface area contributed by atoms with Gasteiger partial charge in [-0.15, -0.1) is 0 Å². The summed E-state index contributed by atoms with van der Waals surface area (Å²) in [6.07, 6.45) is -0.320. The molecule has 0 bridgehead atoms. The summed E-state index contributed by atoms with van der Waals surface area (Å²) < 4.78 is 36.1. The average Bonchev–Trinajstić information content (AvgIpc) is 2.28. The fourth-order valence-electron chi connectivity index (χ4n) is 1.80. The van der Waals surface area contributed by atoms with Gasteiger partial charge in [0.25, 0.3) is 0 Å². The van der Waals surface area contributed by atoms with E-state index >= 15 is 0 Å². The number of hydrogen-bond donors (Lipinski definition) is 1. The third-order valence-electron chi connectivity index (χ3n) is 2.64. The fourth-order valence-corrected chi connectivity index (χ4v) is 3.22. The molecule has 0 amide bonds. The Kier molecular flexibility index (Phi) is 5.81. The molecular weight excluding hydrogens is 244 g/mol. The maximum atomic E-state index is 12.0. The molecule has 17 heavy (non-hydrogen) atoms. The third-order valence-corrected chi connectivity index (χ3v) is 4.41. The predicted octanol–water partition coefficient (Wildman–Crippen LogP) is -0.599. The number of ether oxygens (including phenoxy) is 2. The van der Waals surface area contributed by atoms with Crippen molar-refractivity contribution in [2.45, 2.75) is 26.1 Å². The van der Waals surface area contributed by atoms with E-state index in [9.17, 15) is 8.42 Å². The van der Waals surface area contributed by atoms with Gasteiger partial charge >= 0.3 is 0 Å². The van der Waals surface area contributed by atoms with Gasteiger partial charge in [-0.2, -0.15) is 4.31 Å². The van der Waals surface area contributed by atoms with Crippen molar-refractivity contribution in [3.05, 3.63) is 0 Å². The van der Waals surface area contributed by atoms with Gasteiger partial charge in [0.1, 0.15) is 0 Å². The molecule has 0 aromatic carbocycles. The number of rotatable bonds is 6. The molecule has 6 nitrogen and oxygen atoms in total. The highest BCUT2D eigenvalue weighted by Crippen LogP contribution is 2.14. The molecule has 1 heterocycles. The summed E-state index contributed by atoms with van der Waals surface area (Å²) in [7, 11) is -3.26. The van der Waals surface area contributed by atoms with Gasteiger partial charge in [0.2, 0.25) is 10.0 Å². The SMILES string of the molecule is CCOCCS(=O)(=O)N1CC(C)OC(CN)C1. The minimum absolute atomic E-state index is 0.0187. The van der Waals surface area contributed by atoms with Crippen LogP contribution in [0.1, 0.15) is 13.8 Å². The van der Waals surface area contributed by atoms with Crippen molar-refractivity contribution in [3.8, 4) is 0 Å². The molecule has 0 aliphatic carbocycles. The molecule has 102 valence electrons. The molecule has 1 saturated heterocycles. The Morgan fingerprint density at radius 2 is 2.18 bits per heavy atom. The van der Waals surface area contributed by atoms with Crippen molar-refractivity contribution in [3.63, 3.8) is 0 Å². The lowest BCUT2D eigenvalue weighted by Gasteiger charge is -2.35. The second-order valence-corrected chi connectivity index (χ2v) is 6.22. The van der Waals surface area contributed by atoms with Gasteiger partial charge < -0.3 is 15.2 Å². The highest BCUT2D eigenvalue weighted by molar-refractivity contribution is 7.89. The Bertz CT molecular complexity index is 320. The predicted molar refractivity (Wildman–Crippen MR) is 65.2 cm³/mol. The highest BCUT2D eigenvalue weighted by Gasteiger charge is 2.31. The molecule has 0 radical (unpaired) electrons. The quantitative estimate of drug-likeness (QED) is 0.649. The number of sulfonamides is 1. The van der Waals surface area contributed by atoms with Gasteiger partial charge in [0, 0.05) is 26.2 Å². The third kappa shape index (κ3) is 4.51. The van der Waals surface area contributed by atoms with E-state index in [0.29, 0.717) is 26.2 Å².